The summed E-state index contributed by atoms with van der Waals surface area (Å²) < 4.78 is 5.53. The first-order valence-corrected chi connectivity index (χ1v) is 7.54. The molecule has 1 heterocycles. The van der Waals surface area contributed by atoms with Crippen LogP contribution in [-0.2, 0) is 4.79 Å². The Hall–Kier alpha value is -2.63. The smallest absolute Gasteiger partial charge is 0.290 e. The first-order valence-electron chi connectivity index (χ1n) is 7.54. The van der Waals surface area contributed by atoms with Gasteiger partial charge in [-0.05, 0) is 32.9 Å². The number of rotatable bonds is 5. The molecule has 1 aromatic heterocycles. The SMILES string of the molecule is CCN(CC(=O)NC(C)C)C(=O)c1cc(=O)c2ccccc2o1. The Morgan fingerprint density at radius 1 is 1.26 bits per heavy atom. The molecule has 0 saturated carbocycles. The number of para-hydroxylation sites is 1. The van der Waals surface area contributed by atoms with Gasteiger partial charge in [-0.15, -0.1) is 0 Å². The molecule has 0 aliphatic heterocycles. The maximum atomic E-state index is 12.5. The van der Waals surface area contributed by atoms with Crippen LogP contribution in [0.1, 0.15) is 31.3 Å². The highest BCUT2D eigenvalue weighted by molar-refractivity contribution is 5.95. The highest BCUT2D eigenvalue weighted by Gasteiger charge is 2.21. The minimum absolute atomic E-state index is 0.00471. The van der Waals surface area contributed by atoms with E-state index in [2.05, 4.69) is 5.32 Å². The van der Waals surface area contributed by atoms with Crippen LogP contribution in [0.25, 0.3) is 11.0 Å². The average Bonchev–Trinajstić information content (AvgIpc) is 2.51. The minimum Gasteiger partial charge on any atom is -0.451 e. The van der Waals surface area contributed by atoms with Crippen molar-refractivity contribution in [2.45, 2.75) is 26.8 Å². The Balaban J connectivity index is 2.27. The third-order valence-electron chi connectivity index (χ3n) is 3.30. The molecule has 6 heteroatoms. The molecule has 122 valence electrons. The van der Waals surface area contributed by atoms with Gasteiger partial charge in [-0.1, -0.05) is 12.1 Å². The van der Waals surface area contributed by atoms with Gasteiger partial charge in [0, 0.05) is 18.7 Å². The Kier molecular flexibility index (Phi) is 5.16. The molecule has 0 unspecified atom stereocenters. The van der Waals surface area contributed by atoms with Gasteiger partial charge in [0.1, 0.15) is 5.58 Å². The molecule has 2 aromatic rings. The summed E-state index contributed by atoms with van der Waals surface area (Å²) in [6.07, 6.45) is 0. The molecule has 0 aliphatic carbocycles. The fourth-order valence-corrected chi connectivity index (χ4v) is 2.23. The van der Waals surface area contributed by atoms with Gasteiger partial charge in [0.2, 0.25) is 5.91 Å². The average molecular weight is 316 g/mol. The molecule has 0 spiro atoms. The molecule has 0 radical (unpaired) electrons. The standard InChI is InChI=1S/C17H20N2O4/c1-4-19(10-16(21)18-11(2)3)17(22)15-9-13(20)12-7-5-6-8-14(12)23-15/h5-9,11H,4,10H2,1-3H3,(H,18,21). The van der Waals surface area contributed by atoms with E-state index in [1.807, 2.05) is 13.8 Å². The maximum Gasteiger partial charge on any atom is 0.290 e. The fourth-order valence-electron chi connectivity index (χ4n) is 2.23. The molecule has 2 amide bonds. The van der Waals surface area contributed by atoms with Crippen molar-refractivity contribution in [2.24, 2.45) is 0 Å². The van der Waals surface area contributed by atoms with Crippen LogP contribution < -0.4 is 10.7 Å². The third kappa shape index (κ3) is 3.97. The number of hydrogen-bond donors (Lipinski definition) is 1. The van der Waals surface area contributed by atoms with E-state index in [0.717, 1.165) is 0 Å². The van der Waals surface area contributed by atoms with Crippen LogP contribution in [0.15, 0.2) is 39.5 Å². The molecule has 6 nitrogen and oxygen atoms in total. The van der Waals surface area contributed by atoms with Gasteiger partial charge >= 0.3 is 0 Å². The molecular formula is C17H20N2O4. The van der Waals surface area contributed by atoms with Gasteiger partial charge in [0.25, 0.3) is 5.91 Å². The number of likely N-dealkylation sites (N-methyl/N-ethyl adjacent to an activating group) is 1. The van der Waals surface area contributed by atoms with Crippen molar-refractivity contribution in [3.8, 4) is 0 Å². The zero-order valence-electron chi connectivity index (χ0n) is 13.5. The van der Waals surface area contributed by atoms with E-state index in [1.54, 1.807) is 31.2 Å². The van der Waals surface area contributed by atoms with Gasteiger partial charge in [-0.2, -0.15) is 0 Å². The van der Waals surface area contributed by atoms with E-state index in [0.29, 0.717) is 17.5 Å². The zero-order chi connectivity index (χ0) is 17.0. The van der Waals surface area contributed by atoms with Gasteiger partial charge in [0.05, 0.1) is 11.9 Å². The molecule has 0 saturated heterocycles. The molecular weight excluding hydrogens is 296 g/mol. The molecule has 2 rings (SSSR count). The van der Waals surface area contributed by atoms with Crippen molar-refractivity contribution in [2.75, 3.05) is 13.1 Å². The number of carbonyl (C=O) groups is 2. The monoisotopic (exact) mass is 316 g/mol. The second-order valence-corrected chi connectivity index (χ2v) is 5.51. The molecule has 0 bridgehead atoms. The van der Waals surface area contributed by atoms with Gasteiger partial charge < -0.3 is 14.6 Å². The van der Waals surface area contributed by atoms with Gasteiger partial charge in [-0.25, -0.2) is 0 Å². The van der Waals surface area contributed by atoms with E-state index in [1.165, 1.54) is 11.0 Å². The lowest BCUT2D eigenvalue weighted by Crippen LogP contribution is -2.42. The number of amides is 2. The number of carbonyl (C=O) groups excluding carboxylic acids is 2. The Bertz CT molecular complexity index is 780. The molecule has 23 heavy (non-hydrogen) atoms. The van der Waals surface area contributed by atoms with Crippen LogP contribution >= 0.6 is 0 Å². The van der Waals surface area contributed by atoms with Gasteiger partial charge in [-0.3, -0.25) is 14.4 Å². The summed E-state index contributed by atoms with van der Waals surface area (Å²) >= 11 is 0. The summed E-state index contributed by atoms with van der Waals surface area (Å²) in [6, 6.07) is 7.91. The van der Waals surface area contributed by atoms with Crippen LogP contribution in [0, 0.1) is 0 Å². The predicted octanol–water partition coefficient (Wildman–Crippen LogP) is 1.78. The summed E-state index contributed by atoms with van der Waals surface area (Å²) in [4.78, 5) is 37.8. The van der Waals surface area contributed by atoms with Crippen LogP contribution in [-0.4, -0.2) is 35.8 Å². The maximum absolute atomic E-state index is 12.5. The Labute approximate surface area is 134 Å². The lowest BCUT2D eigenvalue weighted by atomic mass is 10.2. The second kappa shape index (κ2) is 7.09. The van der Waals surface area contributed by atoms with Crippen molar-refractivity contribution in [3.63, 3.8) is 0 Å². The predicted molar refractivity (Wildman–Crippen MR) is 87.3 cm³/mol. The lowest BCUT2D eigenvalue weighted by molar-refractivity contribution is -0.122. The number of hydrogen-bond acceptors (Lipinski definition) is 4. The summed E-state index contributed by atoms with van der Waals surface area (Å²) in [5, 5.41) is 3.15. The Morgan fingerprint density at radius 3 is 2.61 bits per heavy atom. The molecule has 1 N–H and O–H groups in total. The van der Waals surface area contributed by atoms with E-state index < -0.39 is 5.91 Å². The summed E-state index contributed by atoms with van der Waals surface area (Å²) in [7, 11) is 0. The highest BCUT2D eigenvalue weighted by Crippen LogP contribution is 2.13. The van der Waals surface area contributed by atoms with Crippen molar-refractivity contribution in [3.05, 3.63) is 46.3 Å². The summed E-state index contributed by atoms with van der Waals surface area (Å²) in [6.45, 7) is 5.71. The number of benzene rings is 1. The normalized spacial score (nSPS) is 10.8. The number of nitrogens with zero attached hydrogens (tertiary/aromatic N) is 1. The number of nitrogens with one attached hydrogen (secondary N) is 1. The molecule has 1 aromatic carbocycles. The van der Waals surface area contributed by atoms with Crippen molar-refractivity contribution in [1.29, 1.82) is 0 Å². The second-order valence-electron chi connectivity index (χ2n) is 5.51. The molecule has 0 atom stereocenters. The molecule has 0 aliphatic rings. The summed E-state index contributed by atoms with van der Waals surface area (Å²) in [5.74, 6) is -0.791. The number of fused-ring (bicyclic) bond motifs is 1. The van der Waals surface area contributed by atoms with E-state index in [9.17, 15) is 14.4 Å². The summed E-state index contributed by atoms with van der Waals surface area (Å²) in [5.41, 5.74) is 0.0731. The van der Waals surface area contributed by atoms with Crippen molar-refractivity contribution < 1.29 is 14.0 Å². The van der Waals surface area contributed by atoms with E-state index in [-0.39, 0.29) is 29.7 Å². The minimum atomic E-state index is -0.478. The van der Waals surface area contributed by atoms with Crippen LogP contribution in [0.4, 0.5) is 0 Å². The van der Waals surface area contributed by atoms with E-state index in [4.69, 9.17) is 4.42 Å². The first-order chi connectivity index (χ1) is 10.9. The van der Waals surface area contributed by atoms with Gasteiger partial charge in [0.15, 0.2) is 11.2 Å². The lowest BCUT2D eigenvalue weighted by Gasteiger charge is -2.20. The van der Waals surface area contributed by atoms with Crippen LogP contribution in [0.3, 0.4) is 0 Å². The topological polar surface area (TPSA) is 79.6 Å². The first kappa shape index (κ1) is 16.7. The largest absolute Gasteiger partial charge is 0.451 e. The van der Waals surface area contributed by atoms with Crippen LogP contribution in [0.5, 0.6) is 0 Å². The quantitative estimate of drug-likeness (QED) is 0.912. The zero-order valence-corrected chi connectivity index (χ0v) is 13.5. The van der Waals surface area contributed by atoms with Crippen molar-refractivity contribution in [1.82, 2.24) is 10.2 Å². The third-order valence-corrected chi connectivity index (χ3v) is 3.30. The van der Waals surface area contributed by atoms with E-state index >= 15 is 0 Å². The Morgan fingerprint density at radius 2 is 1.96 bits per heavy atom. The van der Waals surface area contributed by atoms with Crippen molar-refractivity contribution >= 4 is 22.8 Å². The van der Waals surface area contributed by atoms with Crippen LogP contribution in [0.2, 0.25) is 0 Å². The molecule has 0 fully saturated rings. The fraction of sp³-hybridized carbons (Fsp3) is 0.353. The highest BCUT2D eigenvalue weighted by atomic mass is 16.3.